The van der Waals surface area contributed by atoms with Crippen molar-refractivity contribution in [3.8, 4) is 0 Å². The van der Waals surface area contributed by atoms with E-state index in [2.05, 4.69) is 0 Å². The standard InChI is InChI=1S/C40H26N2O6/c43-31-21-29(41(25-13-5-1-6-14-25)26-15-7-2-8-16-26)22-32(44)35(31)37-39(47)38(40(37)48)36-33(45)23-30(24-34(36)46)42(27-17-9-3-10-18-27)28-19-11-4-12-20-28/h1-24H,(H2,43,44,45,46)/p+2. The van der Waals surface area contributed by atoms with E-state index in [-0.39, 0.29) is 5.57 Å². The van der Waals surface area contributed by atoms with Crippen molar-refractivity contribution in [3.05, 3.63) is 199 Å². The summed E-state index contributed by atoms with van der Waals surface area (Å²) in [7, 11) is 0. The number of benzene rings is 4. The summed E-state index contributed by atoms with van der Waals surface area (Å²) >= 11 is 0. The van der Waals surface area contributed by atoms with Crippen LogP contribution >= 0.6 is 0 Å². The quantitative estimate of drug-likeness (QED) is 0.218. The molecule has 0 heterocycles. The lowest BCUT2D eigenvalue weighted by Crippen LogP contribution is -3.00. The molecule has 48 heavy (non-hydrogen) atoms. The van der Waals surface area contributed by atoms with Gasteiger partial charge in [0.2, 0.25) is 27.9 Å². The number of hydrogen-bond acceptors (Lipinski definition) is 6. The third-order valence-electron chi connectivity index (χ3n) is 8.27. The van der Waals surface area contributed by atoms with Gasteiger partial charge < -0.3 is 15.3 Å². The van der Waals surface area contributed by atoms with Crippen LogP contribution in [0.1, 0.15) is 0 Å². The maximum absolute atomic E-state index is 13.5. The number of carbonyl (C=O) groups is 1. The van der Waals surface area contributed by atoms with E-state index in [4.69, 9.17) is 0 Å². The van der Waals surface area contributed by atoms with Crippen molar-refractivity contribution in [1.29, 1.82) is 0 Å². The molecule has 0 fully saturated rings. The van der Waals surface area contributed by atoms with Crippen molar-refractivity contribution in [2.75, 3.05) is 0 Å². The van der Waals surface area contributed by atoms with Crippen molar-refractivity contribution in [2.24, 2.45) is 0 Å². The summed E-state index contributed by atoms with van der Waals surface area (Å²) in [6.07, 6.45) is 5.37. The molecule has 0 atom stereocenters. The molecule has 0 radical (unpaired) electrons. The van der Waals surface area contributed by atoms with Gasteiger partial charge in [-0.1, -0.05) is 72.8 Å². The van der Waals surface area contributed by atoms with Crippen molar-refractivity contribution >= 4 is 45.4 Å². The van der Waals surface area contributed by atoms with Gasteiger partial charge in [-0.2, -0.15) is 4.58 Å². The lowest BCUT2D eigenvalue weighted by molar-refractivity contribution is -0.710. The zero-order valence-corrected chi connectivity index (χ0v) is 25.4. The van der Waals surface area contributed by atoms with Crippen LogP contribution in [0, 0.1) is 0 Å². The maximum atomic E-state index is 13.5. The van der Waals surface area contributed by atoms with Crippen LogP contribution in [0.25, 0.3) is 11.1 Å². The Balaban J connectivity index is 1.34. The summed E-state index contributed by atoms with van der Waals surface area (Å²) in [6, 6.07) is 37.3. The summed E-state index contributed by atoms with van der Waals surface area (Å²) in [5.41, 5.74) is 1.41. The molecular weight excluding hydrogens is 604 g/mol. The second-order valence-electron chi connectivity index (χ2n) is 11.2. The second kappa shape index (κ2) is 12.3. The summed E-state index contributed by atoms with van der Waals surface area (Å²) < 4.78 is 1.80. The highest BCUT2D eigenvalue weighted by Crippen LogP contribution is 2.26. The number of quaternary nitrogens is 1. The zero-order chi connectivity index (χ0) is 33.4. The Labute approximate surface area is 274 Å². The molecule has 4 N–H and O–H groups in total. The van der Waals surface area contributed by atoms with Crippen molar-refractivity contribution < 1.29 is 25.0 Å². The molecule has 232 valence electrons. The van der Waals surface area contributed by atoms with E-state index in [1.165, 1.54) is 24.3 Å². The molecule has 2 aliphatic carbocycles. The largest absolute Gasteiger partial charge is 0.507 e. The Hall–Kier alpha value is -6.64. The first-order valence-electron chi connectivity index (χ1n) is 15.2. The van der Waals surface area contributed by atoms with Crippen LogP contribution in [-0.2, 0) is 4.79 Å². The van der Waals surface area contributed by atoms with Crippen LogP contribution in [0.3, 0.4) is 0 Å². The van der Waals surface area contributed by atoms with E-state index in [1.807, 2.05) is 121 Å². The molecule has 2 aliphatic rings. The molecule has 0 unspecified atom stereocenters. The number of nitrogens with one attached hydrogen (secondary N) is 1. The predicted octanol–water partition coefficient (Wildman–Crippen LogP) is 3.91. The Bertz CT molecular complexity index is 2310. The van der Waals surface area contributed by atoms with Crippen LogP contribution in [0.5, 0.6) is 0 Å². The topological polar surface area (TPSA) is 119 Å². The number of aliphatic hydroxyl groups is 3. The van der Waals surface area contributed by atoms with Gasteiger partial charge in [0.15, 0.2) is 5.78 Å². The molecule has 0 bridgehead atoms. The fraction of sp³-hybridized carbons (Fsp3) is 0. The van der Waals surface area contributed by atoms with Crippen molar-refractivity contribution in [1.82, 2.24) is 4.58 Å². The Kier molecular flexibility index (Phi) is 7.68. The van der Waals surface area contributed by atoms with Gasteiger partial charge in [-0.25, -0.2) is 4.90 Å². The third-order valence-corrected chi connectivity index (χ3v) is 8.27. The highest BCUT2D eigenvalue weighted by atomic mass is 16.3. The van der Waals surface area contributed by atoms with E-state index in [1.54, 1.807) is 4.58 Å². The van der Waals surface area contributed by atoms with Gasteiger partial charge in [0.25, 0.3) is 0 Å². The van der Waals surface area contributed by atoms with Crippen molar-refractivity contribution in [2.45, 2.75) is 0 Å². The minimum Gasteiger partial charge on any atom is -0.507 e. The molecular formula is C40H28N2O6+2. The number of rotatable bonds is 5. The fourth-order valence-electron chi connectivity index (χ4n) is 6.14. The van der Waals surface area contributed by atoms with E-state index < -0.39 is 49.9 Å². The van der Waals surface area contributed by atoms with Gasteiger partial charge in [0.05, 0.1) is 33.7 Å². The highest BCUT2D eigenvalue weighted by molar-refractivity contribution is 6.26. The minimum absolute atomic E-state index is 0.342. The SMILES string of the molecule is O=C1C=C([NH+](c2ccccc2)c2ccccc2)C=C(O)C1=c1c(=O)c(=C2C(O)=CC(=[N+](c3ccccc3)c3ccccc3)C=C2O)c1=O. The number of carbonyl (C=O) groups excluding carboxylic acids is 1. The first-order valence-corrected chi connectivity index (χ1v) is 15.2. The Morgan fingerprint density at radius 2 is 0.854 bits per heavy atom. The lowest BCUT2D eigenvalue weighted by Gasteiger charge is -2.21. The molecule has 0 amide bonds. The van der Waals surface area contributed by atoms with Gasteiger partial charge >= 0.3 is 0 Å². The molecule has 8 heteroatoms. The van der Waals surface area contributed by atoms with Crippen LogP contribution in [0.2, 0.25) is 0 Å². The predicted molar refractivity (Wildman–Crippen MR) is 185 cm³/mol. The number of para-hydroxylation sites is 4. The number of nitrogens with zero attached hydrogens (tertiary/aromatic N) is 1. The maximum Gasteiger partial charge on any atom is 0.219 e. The first-order chi connectivity index (χ1) is 23.3. The third kappa shape index (κ3) is 5.22. The molecule has 0 aromatic heterocycles. The smallest absolute Gasteiger partial charge is 0.219 e. The minimum atomic E-state index is -0.864. The second-order valence-corrected chi connectivity index (χ2v) is 11.2. The van der Waals surface area contributed by atoms with Gasteiger partial charge in [-0.3, -0.25) is 14.4 Å². The summed E-state index contributed by atoms with van der Waals surface area (Å²) in [5, 5.41) is 32.4. The van der Waals surface area contributed by atoms with Crippen LogP contribution in [0.15, 0.2) is 178 Å². The van der Waals surface area contributed by atoms with Gasteiger partial charge in [0.1, 0.15) is 34.3 Å². The van der Waals surface area contributed by atoms with Gasteiger partial charge in [-0.05, 0) is 24.3 Å². The Morgan fingerprint density at radius 1 is 0.458 bits per heavy atom. The Morgan fingerprint density at radius 3 is 1.29 bits per heavy atom. The van der Waals surface area contributed by atoms with Crippen LogP contribution in [-0.4, -0.2) is 26.8 Å². The average molecular weight is 633 g/mol. The normalized spacial score (nSPS) is 14.9. The van der Waals surface area contributed by atoms with E-state index in [9.17, 15) is 29.7 Å². The van der Waals surface area contributed by atoms with Crippen LogP contribution in [0.4, 0.5) is 22.7 Å². The first kappa shape index (κ1) is 30.0. The number of ketones is 1. The monoisotopic (exact) mass is 632 g/mol. The molecule has 0 saturated carbocycles. The zero-order valence-electron chi connectivity index (χ0n) is 25.4. The number of hydrogen-bond donors (Lipinski definition) is 4. The molecule has 5 aromatic rings. The number of allylic oxidation sites excluding steroid dienone is 5. The molecule has 0 aliphatic heterocycles. The van der Waals surface area contributed by atoms with E-state index >= 15 is 0 Å². The molecule has 5 aromatic carbocycles. The lowest BCUT2D eigenvalue weighted by atomic mass is 9.92. The molecule has 0 spiro atoms. The van der Waals surface area contributed by atoms with E-state index in [0.717, 1.165) is 22.7 Å². The summed E-state index contributed by atoms with van der Waals surface area (Å²) in [6.45, 7) is 0. The summed E-state index contributed by atoms with van der Waals surface area (Å²) in [5.74, 6) is -2.23. The van der Waals surface area contributed by atoms with Gasteiger partial charge in [-0.15, -0.1) is 0 Å². The van der Waals surface area contributed by atoms with Crippen LogP contribution < -0.4 is 30.8 Å². The molecule has 7 rings (SSSR count). The average Bonchev–Trinajstić information content (AvgIpc) is 3.10. The fourth-order valence-corrected chi connectivity index (χ4v) is 6.14. The summed E-state index contributed by atoms with van der Waals surface area (Å²) in [4.78, 5) is 41.2. The highest BCUT2D eigenvalue weighted by Gasteiger charge is 2.33. The van der Waals surface area contributed by atoms with E-state index in [0.29, 0.717) is 16.3 Å². The molecule has 0 saturated heterocycles. The number of aliphatic hydroxyl groups excluding tert-OH is 3. The van der Waals surface area contributed by atoms with Crippen molar-refractivity contribution in [3.63, 3.8) is 0 Å². The molecule has 8 nitrogen and oxygen atoms in total. The van der Waals surface area contributed by atoms with Gasteiger partial charge in [0, 0.05) is 36.4 Å².